The van der Waals surface area contributed by atoms with E-state index in [0.717, 1.165) is 24.5 Å². The molecular weight excluding hydrogens is 320 g/mol. The Morgan fingerprint density at radius 1 is 1.25 bits per heavy atom. The number of anilines is 1. The number of methoxy groups -OCH3 is 1. The summed E-state index contributed by atoms with van der Waals surface area (Å²) in [4.78, 5) is 15.9. The van der Waals surface area contributed by atoms with Gasteiger partial charge in [0.05, 0.1) is 12.3 Å². The molecule has 0 fully saturated rings. The van der Waals surface area contributed by atoms with Crippen molar-refractivity contribution >= 4 is 23.4 Å². The van der Waals surface area contributed by atoms with E-state index in [1.807, 2.05) is 30.0 Å². The summed E-state index contributed by atoms with van der Waals surface area (Å²) in [5.74, 6) is 1.02. The molecule has 2 aromatic rings. The number of hydrogen-bond donors (Lipinski definition) is 1. The number of benzene rings is 2. The van der Waals surface area contributed by atoms with Crippen molar-refractivity contribution in [2.24, 2.45) is 0 Å². The van der Waals surface area contributed by atoms with Crippen LogP contribution in [-0.4, -0.2) is 38.5 Å². The molecule has 126 valence electrons. The number of nitrogens with zero attached hydrogens (tertiary/aromatic N) is 1. The quantitative estimate of drug-likeness (QED) is 0.819. The minimum absolute atomic E-state index is 0.0508. The Balaban J connectivity index is 1.78. The number of carbonyl (C=O) groups is 1. The SMILES string of the molecule is COCCNC(=O)c1ccc2c(c1)N(Cc1ccccc1)CCS2. The summed E-state index contributed by atoms with van der Waals surface area (Å²) in [6.45, 7) is 2.89. The molecule has 0 radical (unpaired) electrons. The minimum Gasteiger partial charge on any atom is -0.383 e. The van der Waals surface area contributed by atoms with E-state index < -0.39 is 0 Å². The normalized spacial score (nSPS) is 13.5. The van der Waals surface area contributed by atoms with Gasteiger partial charge in [-0.15, -0.1) is 11.8 Å². The maximum atomic E-state index is 12.3. The molecule has 0 atom stereocenters. The Bertz CT molecular complexity index is 691. The molecule has 5 heteroatoms. The highest BCUT2D eigenvalue weighted by Crippen LogP contribution is 2.36. The van der Waals surface area contributed by atoms with E-state index in [2.05, 4.69) is 40.5 Å². The third-order valence-corrected chi connectivity index (χ3v) is 5.03. The summed E-state index contributed by atoms with van der Waals surface area (Å²) >= 11 is 1.85. The average molecular weight is 342 g/mol. The molecule has 0 bridgehead atoms. The lowest BCUT2D eigenvalue weighted by Gasteiger charge is -2.31. The van der Waals surface area contributed by atoms with Crippen LogP contribution in [0.1, 0.15) is 15.9 Å². The zero-order valence-corrected chi connectivity index (χ0v) is 14.6. The summed E-state index contributed by atoms with van der Waals surface area (Å²) in [5.41, 5.74) is 3.13. The number of ether oxygens (including phenoxy) is 1. The number of amides is 1. The van der Waals surface area contributed by atoms with Gasteiger partial charge < -0.3 is 15.0 Å². The standard InChI is InChI=1S/C19H22N2O2S/c1-23-11-9-20-19(22)16-7-8-18-17(13-16)21(10-12-24-18)14-15-5-3-2-4-6-15/h2-8,13H,9-12,14H2,1H3,(H,20,22). The molecule has 0 aromatic heterocycles. The third-order valence-electron chi connectivity index (χ3n) is 3.99. The number of fused-ring (bicyclic) bond motifs is 1. The minimum atomic E-state index is -0.0508. The Kier molecular flexibility index (Phi) is 5.77. The lowest BCUT2D eigenvalue weighted by atomic mass is 10.1. The van der Waals surface area contributed by atoms with Gasteiger partial charge in [-0.05, 0) is 23.8 Å². The van der Waals surface area contributed by atoms with Gasteiger partial charge in [-0.1, -0.05) is 30.3 Å². The first-order valence-corrected chi connectivity index (χ1v) is 9.09. The summed E-state index contributed by atoms with van der Waals surface area (Å²) in [7, 11) is 1.63. The van der Waals surface area contributed by atoms with Crippen LogP contribution in [-0.2, 0) is 11.3 Å². The monoisotopic (exact) mass is 342 g/mol. The van der Waals surface area contributed by atoms with Crippen molar-refractivity contribution in [3.63, 3.8) is 0 Å². The lowest BCUT2D eigenvalue weighted by Crippen LogP contribution is -2.30. The van der Waals surface area contributed by atoms with Gasteiger partial charge in [-0.3, -0.25) is 4.79 Å². The van der Waals surface area contributed by atoms with Crippen LogP contribution >= 0.6 is 11.8 Å². The molecule has 0 saturated heterocycles. The smallest absolute Gasteiger partial charge is 0.251 e. The highest BCUT2D eigenvalue weighted by molar-refractivity contribution is 7.99. The Labute approximate surface area is 147 Å². The van der Waals surface area contributed by atoms with Crippen molar-refractivity contribution in [2.75, 3.05) is 37.5 Å². The summed E-state index contributed by atoms with van der Waals surface area (Å²) in [6, 6.07) is 16.4. The maximum Gasteiger partial charge on any atom is 0.251 e. The molecule has 4 nitrogen and oxygen atoms in total. The second-order valence-corrected chi connectivity index (χ2v) is 6.82. The van der Waals surface area contributed by atoms with Crippen LogP contribution in [0, 0.1) is 0 Å². The van der Waals surface area contributed by atoms with Crippen molar-refractivity contribution in [1.29, 1.82) is 0 Å². The molecule has 1 N–H and O–H groups in total. The first-order chi connectivity index (χ1) is 11.8. The molecule has 0 unspecified atom stereocenters. The van der Waals surface area contributed by atoms with E-state index >= 15 is 0 Å². The number of carbonyl (C=O) groups excluding carboxylic acids is 1. The van der Waals surface area contributed by atoms with E-state index in [4.69, 9.17) is 4.74 Å². The average Bonchev–Trinajstić information content (AvgIpc) is 2.62. The number of rotatable bonds is 6. The zero-order valence-electron chi connectivity index (χ0n) is 13.8. The fraction of sp³-hybridized carbons (Fsp3) is 0.316. The van der Waals surface area contributed by atoms with Crippen LogP contribution in [0.5, 0.6) is 0 Å². The van der Waals surface area contributed by atoms with Gasteiger partial charge >= 0.3 is 0 Å². The van der Waals surface area contributed by atoms with Crippen molar-refractivity contribution in [1.82, 2.24) is 5.32 Å². The van der Waals surface area contributed by atoms with Crippen LogP contribution in [0.25, 0.3) is 0 Å². The molecule has 1 amide bonds. The molecule has 3 rings (SSSR count). The predicted octanol–water partition coefficient (Wildman–Crippen LogP) is 3.18. The van der Waals surface area contributed by atoms with E-state index in [1.54, 1.807) is 7.11 Å². The summed E-state index contributed by atoms with van der Waals surface area (Å²) in [5, 5.41) is 2.88. The molecule has 24 heavy (non-hydrogen) atoms. The van der Waals surface area contributed by atoms with E-state index in [9.17, 15) is 4.79 Å². The number of nitrogens with one attached hydrogen (secondary N) is 1. The molecule has 1 aliphatic heterocycles. The molecule has 1 aliphatic rings. The Morgan fingerprint density at radius 2 is 2.08 bits per heavy atom. The van der Waals surface area contributed by atoms with E-state index in [-0.39, 0.29) is 5.91 Å². The predicted molar refractivity (Wildman–Crippen MR) is 98.9 cm³/mol. The van der Waals surface area contributed by atoms with Crippen molar-refractivity contribution in [3.8, 4) is 0 Å². The first-order valence-electron chi connectivity index (χ1n) is 8.11. The van der Waals surface area contributed by atoms with Gasteiger partial charge in [-0.2, -0.15) is 0 Å². The third kappa shape index (κ3) is 4.10. The molecule has 0 saturated carbocycles. The van der Waals surface area contributed by atoms with Gasteiger partial charge in [0, 0.05) is 43.0 Å². The van der Waals surface area contributed by atoms with Crippen molar-refractivity contribution in [3.05, 3.63) is 59.7 Å². The van der Waals surface area contributed by atoms with Gasteiger partial charge in [0.1, 0.15) is 0 Å². The van der Waals surface area contributed by atoms with Crippen molar-refractivity contribution < 1.29 is 9.53 Å². The van der Waals surface area contributed by atoms with Crippen molar-refractivity contribution in [2.45, 2.75) is 11.4 Å². The molecule has 0 spiro atoms. The maximum absolute atomic E-state index is 12.3. The van der Waals surface area contributed by atoms with Crippen LogP contribution in [0.2, 0.25) is 0 Å². The highest BCUT2D eigenvalue weighted by Gasteiger charge is 2.19. The fourth-order valence-corrected chi connectivity index (χ4v) is 3.78. The summed E-state index contributed by atoms with van der Waals surface area (Å²) < 4.78 is 4.98. The van der Waals surface area contributed by atoms with Gasteiger partial charge in [0.2, 0.25) is 0 Å². The Morgan fingerprint density at radius 3 is 2.88 bits per heavy atom. The zero-order chi connectivity index (χ0) is 16.8. The fourth-order valence-electron chi connectivity index (χ4n) is 2.75. The van der Waals surface area contributed by atoms with Gasteiger partial charge in [0.15, 0.2) is 0 Å². The molecule has 1 heterocycles. The topological polar surface area (TPSA) is 41.6 Å². The molecule has 2 aromatic carbocycles. The van der Waals surface area contributed by atoms with Crippen LogP contribution in [0.3, 0.4) is 0 Å². The van der Waals surface area contributed by atoms with Crippen LogP contribution in [0.4, 0.5) is 5.69 Å². The number of thioether (sulfide) groups is 1. The highest BCUT2D eigenvalue weighted by atomic mass is 32.2. The number of hydrogen-bond acceptors (Lipinski definition) is 4. The molecule has 0 aliphatic carbocycles. The summed E-state index contributed by atoms with van der Waals surface area (Å²) in [6.07, 6.45) is 0. The molecular formula is C19H22N2O2S. The second-order valence-electron chi connectivity index (χ2n) is 5.69. The second kappa shape index (κ2) is 8.22. The van der Waals surface area contributed by atoms with E-state index in [0.29, 0.717) is 18.7 Å². The van der Waals surface area contributed by atoms with E-state index in [1.165, 1.54) is 10.5 Å². The van der Waals surface area contributed by atoms with Crippen LogP contribution in [0.15, 0.2) is 53.4 Å². The first kappa shape index (κ1) is 16.9. The largest absolute Gasteiger partial charge is 0.383 e. The van der Waals surface area contributed by atoms with Crippen LogP contribution < -0.4 is 10.2 Å². The lowest BCUT2D eigenvalue weighted by molar-refractivity contribution is 0.0937. The van der Waals surface area contributed by atoms with Gasteiger partial charge in [0.25, 0.3) is 5.91 Å². The van der Waals surface area contributed by atoms with Gasteiger partial charge in [-0.25, -0.2) is 0 Å². The Hall–Kier alpha value is -1.98.